The van der Waals surface area contributed by atoms with Crippen molar-refractivity contribution in [1.29, 1.82) is 0 Å². The summed E-state index contributed by atoms with van der Waals surface area (Å²) in [5, 5.41) is 6.00. The van der Waals surface area contributed by atoms with E-state index in [-0.39, 0.29) is 23.7 Å². The Morgan fingerprint density at radius 3 is 2.10 bits per heavy atom. The van der Waals surface area contributed by atoms with Crippen molar-refractivity contribution in [3.05, 3.63) is 59.2 Å². The fourth-order valence-electron chi connectivity index (χ4n) is 2.90. The summed E-state index contributed by atoms with van der Waals surface area (Å²) in [6.45, 7) is 13.8. The molecule has 0 aliphatic carbocycles. The summed E-state index contributed by atoms with van der Waals surface area (Å²) in [4.78, 5) is 8.45. The first kappa shape index (κ1) is 24.3. The topological polar surface area (TPSA) is 48.8 Å². The molecule has 29 heavy (non-hydrogen) atoms. The van der Waals surface area contributed by atoms with E-state index in [1.165, 1.54) is 24.3 Å². The molecule has 4 rings (SSSR count). The summed E-state index contributed by atoms with van der Waals surface area (Å²) in [5.41, 5.74) is 3.74. The summed E-state index contributed by atoms with van der Waals surface area (Å²) in [6, 6.07) is 9.61. The highest BCUT2D eigenvalue weighted by molar-refractivity contribution is 5.96. The zero-order valence-corrected chi connectivity index (χ0v) is 18.3. The standard InChI is InChI=1S/C10H11FN2.C9H9FN2.2C2H6/c1-6-9-4-3-8(11)5-10(9)13-7(2)12-6;1-6-8-4-7(10)2-3-9(8)12-5-11-6;2*1-2/h3-6H,1-2H3,(H,12,13);2-6H,1H3,(H,11,12);2*1-2H3. The number of nitrogens with one attached hydrogen (secondary N) is 2. The van der Waals surface area contributed by atoms with Gasteiger partial charge in [-0.3, -0.25) is 9.98 Å². The maximum Gasteiger partial charge on any atom is 0.125 e. The number of aliphatic imine (C=N–C) groups is 2. The molecule has 0 saturated heterocycles. The number of nitrogens with zero attached hydrogens (tertiary/aromatic N) is 2. The molecule has 0 saturated carbocycles. The summed E-state index contributed by atoms with van der Waals surface area (Å²) in [6.07, 6.45) is 1.64. The first-order chi connectivity index (χ1) is 13.9. The average Bonchev–Trinajstić information content (AvgIpc) is 2.72. The van der Waals surface area contributed by atoms with Crippen molar-refractivity contribution in [3.63, 3.8) is 0 Å². The van der Waals surface area contributed by atoms with Crippen LogP contribution >= 0.6 is 0 Å². The Morgan fingerprint density at radius 1 is 0.793 bits per heavy atom. The molecule has 4 nitrogen and oxygen atoms in total. The number of hydrogen-bond donors (Lipinski definition) is 2. The molecule has 2 aromatic carbocycles. The van der Waals surface area contributed by atoms with Crippen molar-refractivity contribution in [2.45, 2.75) is 60.5 Å². The zero-order valence-electron chi connectivity index (χ0n) is 18.3. The predicted octanol–water partition coefficient (Wildman–Crippen LogP) is 7.12. The minimum Gasteiger partial charge on any atom is -0.346 e. The minimum absolute atomic E-state index is 0.0527. The van der Waals surface area contributed by atoms with Gasteiger partial charge in [0, 0.05) is 22.5 Å². The first-order valence-corrected chi connectivity index (χ1v) is 10.1. The van der Waals surface area contributed by atoms with Gasteiger partial charge in [-0.05, 0) is 51.1 Å². The number of amidine groups is 1. The molecular weight excluding hydrogens is 370 g/mol. The molecule has 0 aromatic heterocycles. The van der Waals surface area contributed by atoms with E-state index in [1.807, 2.05) is 48.5 Å². The molecule has 0 radical (unpaired) electrons. The van der Waals surface area contributed by atoms with Crippen molar-refractivity contribution in [2.75, 3.05) is 10.6 Å². The Labute approximate surface area is 173 Å². The van der Waals surface area contributed by atoms with Gasteiger partial charge in [0.05, 0.1) is 24.3 Å². The molecule has 2 heterocycles. The number of benzene rings is 2. The van der Waals surface area contributed by atoms with Crippen molar-refractivity contribution >= 4 is 23.5 Å². The number of fused-ring (bicyclic) bond motifs is 2. The van der Waals surface area contributed by atoms with E-state index < -0.39 is 0 Å². The van der Waals surface area contributed by atoms with E-state index in [9.17, 15) is 8.78 Å². The van der Waals surface area contributed by atoms with Gasteiger partial charge in [-0.2, -0.15) is 0 Å². The molecule has 2 aliphatic heterocycles. The highest BCUT2D eigenvalue weighted by Gasteiger charge is 2.15. The largest absolute Gasteiger partial charge is 0.346 e. The predicted molar refractivity (Wildman–Crippen MR) is 121 cm³/mol. The van der Waals surface area contributed by atoms with E-state index in [0.29, 0.717) is 0 Å². The minimum atomic E-state index is -0.215. The fraction of sp³-hybridized carbons (Fsp3) is 0.391. The van der Waals surface area contributed by atoms with Crippen molar-refractivity contribution in [2.24, 2.45) is 9.98 Å². The zero-order chi connectivity index (χ0) is 22.0. The van der Waals surface area contributed by atoms with Crippen LogP contribution in [-0.2, 0) is 0 Å². The highest BCUT2D eigenvalue weighted by atomic mass is 19.1. The summed E-state index contributed by atoms with van der Waals surface area (Å²) < 4.78 is 25.7. The number of anilines is 2. The molecule has 0 fully saturated rings. The molecule has 0 bridgehead atoms. The van der Waals surface area contributed by atoms with Crippen LogP contribution in [0.15, 0.2) is 46.4 Å². The lowest BCUT2D eigenvalue weighted by atomic mass is 10.0. The third-order valence-electron chi connectivity index (χ3n) is 4.15. The second-order valence-electron chi connectivity index (χ2n) is 6.08. The average molecular weight is 403 g/mol. The van der Waals surface area contributed by atoms with Crippen LogP contribution in [0.25, 0.3) is 0 Å². The van der Waals surface area contributed by atoms with E-state index in [0.717, 1.165) is 28.3 Å². The van der Waals surface area contributed by atoms with Crippen LogP contribution in [0.1, 0.15) is 71.7 Å². The number of hydrogen-bond acceptors (Lipinski definition) is 4. The fourth-order valence-corrected chi connectivity index (χ4v) is 2.90. The Balaban J connectivity index is 0.000000248. The Kier molecular flexibility index (Phi) is 10.00. The lowest BCUT2D eigenvalue weighted by Gasteiger charge is -2.20. The Hall–Kier alpha value is -2.76. The maximum absolute atomic E-state index is 12.9. The van der Waals surface area contributed by atoms with Gasteiger partial charge >= 0.3 is 0 Å². The van der Waals surface area contributed by atoms with Gasteiger partial charge in [-0.1, -0.05) is 33.8 Å². The van der Waals surface area contributed by atoms with E-state index >= 15 is 0 Å². The monoisotopic (exact) mass is 402 g/mol. The smallest absolute Gasteiger partial charge is 0.125 e. The normalized spacial score (nSPS) is 17.8. The second kappa shape index (κ2) is 11.9. The van der Waals surface area contributed by atoms with Gasteiger partial charge < -0.3 is 10.6 Å². The first-order valence-electron chi connectivity index (χ1n) is 10.1. The van der Waals surface area contributed by atoms with Gasteiger partial charge in [0.1, 0.15) is 11.6 Å². The van der Waals surface area contributed by atoms with Gasteiger partial charge in [0.2, 0.25) is 0 Å². The van der Waals surface area contributed by atoms with Gasteiger partial charge in [-0.25, -0.2) is 8.78 Å². The van der Waals surface area contributed by atoms with Gasteiger partial charge in [0.25, 0.3) is 0 Å². The molecule has 2 atom stereocenters. The molecule has 158 valence electrons. The van der Waals surface area contributed by atoms with Crippen LogP contribution in [0.5, 0.6) is 0 Å². The van der Waals surface area contributed by atoms with E-state index in [1.54, 1.807) is 18.5 Å². The summed E-state index contributed by atoms with van der Waals surface area (Å²) in [7, 11) is 0. The highest BCUT2D eigenvalue weighted by Crippen LogP contribution is 2.30. The Bertz CT molecular complexity index is 847. The molecule has 2 N–H and O–H groups in total. The lowest BCUT2D eigenvalue weighted by molar-refractivity contribution is 0.622. The van der Waals surface area contributed by atoms with Crippen LogP contribution in [-0.4, -0.2) is 12.2 Å². The maximum atomic E-state index is 12.9. The van der Waals surface area contributed by atoms with Crippen LogP contribution in [0, 0.1) is 11.6 Å². The Morgan fingerprint density at radius 2 is 1.41 bits per heavy atom. The van der Waals surface area contributed by atoms with Gasteiger partial charge in [0.15, 0.2) is 0 Å². The van der Waals surface area contributed by atoms with E-state index in [4.69, 9.17) is 0 Å². The number of halogens is 2. The SMILES string of the molecule is CC.CC.CC1=NC(C)c2ccc(F)cc2N1.CC1N=CNc2ccc(F)cc21. The molecule has 6 heteroatoms. The molecule has 2 unspecified atom stereocenters. The summed E-state index contributed by atoms with van der Waals surface area (Å²) >= 11 is 0. The third-order valence-corrected chi connectivity index (χ3v) is 4.15. The molecular formula is C23H32F2N4. The van der Waals surface area contributed by atoms with Crippen LogP contribution in [0.4, 0.5) is 20.2 Å². The molecule has 0 amide bonds. The van der Waals surface area contributed by atoms with Crippen molar-refractivity contribution in [1.82, 2.24) is 0 Å². The van der Waals surface area contributed by atoms with Crippen molar-refractivity contribution < 1.29 is 8.78 Å². The number of rotatable bonds is 0. The quantitative estimate of drug-likeness (QED) is 0.493. The third kappa shape index (κ3) is 6.66. The molecule has 2 aliphatic rings. The lowest BCUT2D eigenvalue weighted by Crippen LogP contribution is -2.16. The van der Waals surface area contributed by atoms with Crippen molar-refractivity contribution in [3.8, 4) is 0 Å². The molecule has 2 aromatic rings. The summed E-state index contributed by atoms with van der Waals surface area (Å²) in [5.74, 6) is 0.415. The van der Waals surface area contributed by atoms with Gasteiger partial charge in [-0.15, -0.1) is 0 Å². The van der Waals surface area contributed by atoms with Crippen LogP contribution in [0.2, 0.25) is 0 Å². The molecule has 0 spiro atoms. The van der Waals surface area contributed by atoms with Crippen LogP contribution < -0.4 is 10.6 Å². The second-order valence-corrected chi connectivity index (χ2v) is 6.08. The van der Waals surface area contributed by atoms with Crippen LogP contribution in [0.3, 0.4) is 0 Å². The van der Waals surface area contributed by atoms with E-state index in [2.05, 4.69) is 20.6 Å².